The Bertz CT molecular complexity index is 395. The molecule has 0 saturated carbocycles. The highest BCUT2D eigenvalue weighted by atomic mass is 31.2. The number of terminal acetylenes is 2. The molecule has 3 nitrogen and oxygen atoms in total. The van der Waals surface area contributed by atoms with Gasteiger partial charge >= 0.3 is 7.60 Å². The van der Waals surface area contributed by atoms with E-state index in [1.807, 2.05) is 13.8 Å². The van der Waals surface area contributed by atoms with Crippen LogP contribution >= 0.6 is 7.60 Å². The summed E-state index contributed by atoms with van der Waals surface area (Å²) in [6.07, 6.45) is 11.8. The molecule has 0 rings (SSSR count). The fraction of sp³-hybridized carbons (Fsp3) is 0.571. The van der Waals surface area contributed by atoms with E-state index in [1.165, 1.54) is 0 Å². The van der Waals surface area contributed by atoms with Gasteiger partial charge in [0.2, 0.25) is 0 Å². The second-order valence-electron chi connectivity index (χ2n) is 4.36. The molecule has 0 N–H and O–H groups in total. The van der Waals surface area contributed by atoms with Gasteiger partial charge in [-0.3, -0.25) is 13.6 Å². The number of hydrogen-bond donors (Lipinski definition) is 0. The van der Waals surface area contributed by atoms with Gasteiger partial charge in [0.15, 0.2) is 0 Å². The molecule has 0 aromatic heterocycles. The highest BCUT2D eigenvalue weighted by Crippen LogP contribution is 2.56. The topological polar surface area (TPSA) is 35.5 Å². The van der Waals surface area contributed by atoms with Crippen LogP contribution < -0.4 is 0 Å². The normalized spacial score (nSPS) is 20.6. The molecular weight excluding hydrogens is 247 g/mol. The first-order valence-electron chi connectivity index (χ1n) is 5.82. The van der Waals surface area contributed by atoms with Gasteiger partial charge in [0.1, 0.15) is 11.2 Å². The molecule has 0 aliphatic rings. The quantitative estimate of drug-likeness (QED) is 0.518. The van der Waals surface area contributed by atoms with E-state index in [4.69, 9.17) is 21.9 Å². The summed E-state index contributed by atoms with van der Waals surface area (Å²) in [4.78, 5) is 0. The summed E-state index contributed by atoms with van der Waals surface area (Å²) in [7, 11) is -3.53. The maximum atomic E-state index is 12.5. The summed E-state index contributed by atoms with van der Waals surface area (Å²) in [5.74, 6) is 6.07. The van der Waals surface area contributed by atoms with Crippen molar-refractivity contribution < 1.29 is 13.6 Å². The summed E-state index contributed by atoms with van der Waals surface area (Å²) < 4.78 is 23.4. The van der Waals surface area contributed by atoms with Crippen LogP contribution in [0.4, 0.5) is 0 Å². The van der Waals surface area contributed by atoms with Gasteiger partial charge in [-0.1, -0.05) is 32.3 Å². The van der Waals surface area contributed by atoms with Gasteiger partial charge in [-0.2, -0.15) is 0 Å². The minimum Gasteiger partial charge on any atom is -0.286 e. The molecular formula is C14H21O3P. The van der Waals surface area contributed by atoms with E-state index < -0.39 is 18.8 Å². The molecule has 2 atom stereocenters. The molecule has 4 heteroatoms. The Morgan fingerprint density at radius 2 is 1.50 bits per heavy atom. The van der Waals surface area contributed by atoms with Gasteiger partial charge in [0, 0.05) is 5.82 Å². The van der Waals surface area contributed by atoms with E-state index in [-0.39, 0.29) is 0 Å². The lowest BCUT2D eigenvalue weighted by molar-refractivity contribution is 0.0687. The summed E-state index contributed by atoms with van der Waals surface area (Å²) in [6, 6.07) is 0. The molecule has 0 radical (unpaired) electrons. The second kappa shape index (κ2) is 6.26. The van der Waals surface area contributed by atoms with Crippen molar-refractivity contribution in [2.24, 2.45) is 0 Å². The molecule has 0 amide bonds. The fourth-order valence-corrected chi connectivity index (χ4v) is 2.71. The zero-order valence-corrected chi connectivity index (χ0v) is 12.4. The fourth-order valence-electron chi connectivity index (χ4n) is 1.04. The first-order chi connectivity index (χ1) is 8.22. The third-order valence-electron chi connectivity index (χ3n) is 2.84. The molecule has 0 aliphatic heterocycles. The Hall–Kier alpha value is -0.990. The van der Waals surface area contributed by atoms with Crippen LogP contribution in [0.15, 0.2) is 12.4 Å². The molecule has 0 saturated heterocycles. The van der Waals surface area contributed by atoms with Crippen molar-refractivity contribution in [1.29, 1.82) is 0 Å². The van der Waals surface area contributed by atoms with Crippen molar-refractivity contribution in [3.8, 4) is 24.7 Å². The predicted molar refractivity (Wildman–Crippen MR) is 75.0 cm³/mol. The minimum absolute atomic E-state index is 0.504. The molecule has 0 spiro atoms. The standard InChI is InChI=1S/C14H21O3P/c1-8-13(6,9-2)16-18(15,12-5)17-14(7,10-3)11-4/h1,3,12H,5,9,11H2,2,4,6-7H3. The van der Waals surface area contributed by atoms with Crippen LogP contribution in [-0.2, 0) is 13.6 Å². The van der Waals surface area contributed by atoms with Crippen molar-refractivity contribution in [1.82, 2.24) is 0 Å². The average molecular weight is 268 g/mol. The van der Waals surface area contributed by atoms with Gasteiger partial charge in [-0.25, -0.2) is 0 Å². The van der Waals surface area contributed by atoms with Crippen molar-refractivity contribution in [3.05, 3.63) is 12.4 Å². The van der Waals surface area contributed by atoms with Crippen molar-refractivity contribution in [3.63, 3.8) is 0 Å². The second-order valence-corrected chi connectivity index (χ2v) is 6.17. The van der Waals surface area contributed by atoms with Crippen LogP contribution in [0.25, 0.3) is 0 Å². The maximum Gasteiger partial charge on any atom is 0.356 e. The van der Waals surface area contributed by atoms with Crippen LogP contribution in [0.1, 0.15) is 40.5 Å². The van der Waals surface area contributed by atoms with Crippen molar-refractivity contribution in [2.75, 3.05) is 0 Å². The molecule has 0 aromatic carbocycles. The maximum absolute atomic E-state index is 12.5. The van der Waals surface area contributed by atoms with Gasteiger partial charge in [-0.05, 0) is 26.7 Å². The van der Waals surface area contributed by atoms with E-state index >= 15 is 0 Å². The SMILES string of the molecule is C#CC(C)(CC)OP(=O)(C=C)OC(C)(C#C)CC. The Kier molecular flexibility index (Phi) is 5.91. The number of hydrogen-bond acceptors (Lipinski definition) is 3. The van der Waals surface area contributed by atoms with E-state index in [1.54, 1.807) is 13.8 Å². The Morgan fingerprint density at radius 1 is 1.17 bits per heavy atom. The van der Waals surface area contributed by atoms with Crippen molar-refractivity contribution >= 4 is 7.60 Å². The summed E-state index contributed by atoms with van der Waals surface area (Å²) in [5, 5.41) is 0. The van der Waals surface area contributed by atoms with Gasteiger partial charge in [-0.15, -0.1) is 12.8 Å². The highest BCUT2D eigenvalue weighted by molar-refractivity contribution is 7.57. The lowest BCUT2D eigenvalue weighted by Gasteiger charge is -2.31. The largest absolute Gasteiger partial charge is 0.356 e. The van der Waals surface area contributed by atoms with Crippen LogP contribution in [0.5, 0.6) is 0 Å². The molecule has 100 valence electrons. The smallest absolute Gasteiger partial charge is 0.286 e. The molecule has 0 aliphatic carbocycles. The van der Waals surface area contributed by atoms with Crippen LogP contribution in [0.3, 0.4) is 0 Å². The zero-order valence-electron chi connectivity index (χ0n) is 11.5. The summed E-state index contributed by atoms with van der Waals surface area (Å²) in [5.41, 5.74) is -1.93. The zero-order chi connectivity index (χ0) is 14.4. The van der Waals surface area contributed by atoms with Gasteiger partial charge in [0.05, 0.1) is 0 Å². The predicted octanol–water partition coefficient (Wildman–Crippen LogP) is 3.96. The van der Waals surface area contributed by atoms with Crippen LogP contribution in [0, 0.1) is 24.7 Å². The monoisotopic (exact) mass is 268 g/mol. The van der Waals surface area contributed by atoms with Gasteiger partial charge < -0.3 is 0 Å². The lowest BCUT2D eigenvalue weighted by atomic mass is 10.1. The first-order valence-corrected chi connectivity index (χ1v) is 7.43. The van der Waals surface area contributed by atoms with Gasteiger partial charge in [0.25, 0.3) is 0 Å². The third kappa shape index (κ3) is 4.35. The Balaban J connectivity index is 5.20. The summed E-state index contributed by atoms with van der Waals surface area (Å²) >= 11 is 0. The van der Waals surface area contributed by atoms with E-state index in [0.29, 0.717) is 12.8 Å². The van der Waals surface area contributed by atoms with Crippen molar-refractivity contribution in [2.45, 2.75) is 51.7 Å². The van der Waals surface area contributed by atoms with E-state index in [0.717, 1.165) is 5.82 Å². The molecule has 2 unspecified atom stereocenters. The van der Waals surface area contributed by atoms with E-state index in [2.05, 4.69) is 18.4 Å². The Morgan fingerprint density at radius 3 is 1.67 bits per heavy atom. The molecule has 18 heavy (non-hydrogen) atoms. The van der Waals surface area contributed by atoms with Crippen LogP contribution in [0.2, 0.25) is 0 Å². The molecule has 0 heterocycles. The van der Waals surface area contributed by atoms with Crippen LogP contribution in [-0.4, -0.2) is 11.2 Å². The molecule has 0 bridgehead atoms. The third-order valence-corrected chi connectivity index (χ3v) is 4.60. The Labute approximate surface area is 110 Å². The molecule has 0 fully saturated rings. The highest BCUT2D eigenvalue weighted by Gasteiger charge is 2.37. The first kappa shape index (κ1) is 17.0. The molecule has 0 aromatic rings. The lowest BCUT2D eigenvalue weighted by Crippen LogP contribution is -2.29. The minimum atomic E-state index is -3.53. The average Bonchev–Trinajstić information content (AvgIpc) is 2.38. The number of rotatable bonds is 7. The van der Waals surface area contributed by atoms with E-state index in [9.17, 15) is 4.57 Å². The summed E-state index contributed by atoms with van der Waals surface area (Å²) in [6.45, 7) is 10.5.